The average molecular weight is 341 g/mol. The molecule has 1 saturated heterocycles. The molecule has 0 spiro atoms. The Morgan fingerprint density at radius 2 is 2.04 bits per heavy atom. The van der Waals surface area contributed by atoms with Crippen molar-refractivity contribution in [3.05, 3.63) is 54.0 Å². The summed E-state index contributed by atoms with van der Waals surface area (Å²) in [5.41, 5.74) is 2.49. The summed E-state index contributed by atoms with van der Waals surface area (Å²) in [5, 5.41) is 5.77. The van der Waals surface area contributed by atoms with Crippen LogP contribution in [0.4, 0.5) is 10.5 Å². The van der Waals surface area contributed by atoms with Crippen LogP contribution in [0.3, 0.4) is 0 Å². The molecule has 1 fully saturated rings. The largest absolute Gasteiger partial charge is 0.472 e. The second-order valence-corrected chi connectivity index (χ2v) is 6.45. The maximum atomic E-state index is 12.3. The van der Waals surface area contributed by atoms with E-state index < -0.39 is 0 Å². The van der Waals surface area contributed by atoms with Crippen LogP contribution in [0, 0.1) is 12.8 Å². The van der Waals surface area contributed by atoms with Crippen molar-refractivity contribution >= 4 is 17.6 Å². The monoisotopic (exact) mass is 341 g/mol. The average Bonchev–Trinajstić information content (AvgIpc) is 3.14. The summed E-state index contributed by atoms with van der Waals surface area (Å²) in [6, 6.07) is 9.19. The van der Waals surface area contributed by atoms with E-state index in [0.717, 1.165) is 24.1 Å². The van der Waals surface area contributed by atoms with Crippen LogP contribution in [0.5, 0.6) is 0 Å². The molecule has 1 aromatic heterocycles. The van der Waals surface area contributed by atoms with Crippen LogP contribution in [0.2, 0.25) is 0 Å². The number of hydrogen-bond donors (Lipinski definition) is 2. The van der Waals surface area contributed by atoms with E-state index in [1.807, 2.05) is 36.1 Å². The van der Waals surface area contributed by atoms with Crippen molar-refractivity contribution in [2.24, 2.45) is 5.92 Å². The van der Waals surface area contributed by atoms with Crippen molar-refractivity contribution in [1.29, 1.82) is 0 Å². The van der Waals surface area contributed by atoms with Crippen molar-refractivity contribution < 1.29 is 14.0 Å². The smallest absolute Gasteiger partial charge is 0.319 e. The molecule has 25 heavy (non-hydrogen) atoms. The Balaban J connectivity index is 1.40. The van der Waals surface area contributed by atoms with Gasteiger partial charge in [0.25, 0.3) is 5.91 Å². The van der Waals surface area contributed by atoms with Crippen molar-refractivity contribution in [2.45, 2.75) is 19.8 Å². The third kappa shape index (κ3) is 4.62. The first kappa shape index (κ1) is 17.1. The minimum absolute atomic E-state index is 0.0114. The molecule has 2 heterocycles. The van der Waals surface area contributed by atoms with Gasteiger partial charge in [0.2, 0.25) is 0 Å². The van der Waals surface area contributed by atoms with Gasteiger partial charge in [-0.15, -0.1) is 0 Å². The number of anilines is 1. The standard InChI is InChI=1S/C19H23N3O3/c1-14-3-2-4-17(11-14)21-19(24)20-12-15-5-8-22(9-6-15)18(23)16-7-10-25-13-16/h2-4,7,10-11,13,15H,5-6,8-9,12H2,1H3,(H2,20,21,24). The highest BCUT2D eigenvalue weighted by atomic mass is 16.3. The van der Waals surface area contributed by atoms with Crippen LogP contribution in [-0.4, -0.2) is 36.5 Å². The van der Waals surface area contributed by atoms with Crippen molar-refractivity contribution in [1.82, 2.24) is 10.2 Å². The molecule has 1 aliphatic heterocycles. The van der Waals surface area contributed by atoms with Gasteiger partial charge >= 0.3 is 6.03 Å². The summed E-state index contributed by atoms with van der Waals surface area (Å²) in [7, 11) is 0. The predicted molar refractivity (Wildman–Crippen MR) is 95.5 cm³/mol. The Labute approximate surface area is 147 Å². The predicted octanol–water partition coefficient (Wildman–Crippen LogP) is 3.26. The minimum Gasteiger partial charge on any atom is -0.472 e. The van der Waals surface area contributed by atoms with E-state index in [2.05, 4.69) is 10.6 Å². The lowest BCUT2D eigenvalue weighted by Crippen LogP contribution is -2.42. The summed E-state index contributed by atoms with van der Waals surface area (Å²) in [5.74, 6) is 0.397. The quantitative estimate of drug-likeness (QED) is 0.896. The van der Waals surface area contributed by atoms with Gasteiger partial charge in [-0.2, -0.15) is 0 Å². The molecule has 3 rings (SSSR count). The summed E-state index contributed by atoms with van der Waals surface area (Å²) in [6.45, 7) is 4.01. The molecule has 1 aliphatic rings. The van der Waals surface area contributed by atoms with Crippen LogP contribution < -0.4 is 10.6 Å². The van der Waals surface area contributed by atoms with E-state index in [4.69, 9.17) is 4.42 Å². The first-order chi connectivity index (χ1) is 12.1. The van der Waals surface area contributed by atoms with Gasteiger partial charge in [0, 0.05) is 25.3 Å². The molecular formula is C19H23N3O3. The highest BCUT2D eigenvalue weighted by Gasteiger charge is 2.24. The van der Waals surface area contributed by atoms with Gasteiger partial charge in [0.05, 0.1) is 11.8 Å². The van der Waals surface area contributed by atoms with Gasteiger partial charge in [-0.1, -0.05) is 12.1 Å². The number of amides is 3. The number of benzene rings is 1. The number of furan rings is 1. The molecule has 0 bridgehead atoms. The molecule has 0 radical (unpaired) electrons. The molecule has 132 valence electrons. The minimum atomic E-state index is -0.192. The van der Waals surface area contributed by atoms with E-state index in [9.17, 15) is 9.59 Å². The van der Waals surface area contributed by atoms with Gasteiger partial charge in [0.1, 0.15) is 6.26 Å². The van der Waals surface area contributed by atoms with E-state index >= 15 is 0 Å². The molecule has 0 saturated carbocycles. The number of carbonyl (C=O) groups excluding carboxylic acids is 2. The molecule has 0 unspecified atom stereocenters. The number of urea groups is 1. The Bertz CT molecular complexity index is 719. The lowest BCUT2D eigenvalue weighted by atomic mass is 9.96. The third-order valence-electron chi connectivity index (χ3n) is 4.50. The van der Waals surface area contributed by atoms with E-state index in [1.54, 1.807) is 6.07 Å². The summed E-state index contributed by atoms with van der Waals surface area (Å²) >= 11 is 0. The molecule has 3 amide bonds. The summed E-state index contributed by atoms with van der Waals surface area (Å²) in [4.78, 5) is 26.1. The first-order valence-electron chi connectivity index (χ1n) is 8.55. The zero-order valence-corrected chi connectivity index (χ0v) is 14.3. The molecule has 2 N–H and O–H groups in total. The number of nitrogens with zero attached hydrogens (tertiary/aromatic N) is 1. The lowest BCUT2D eigenvalue weighted by molar-refractivity contribution is 0.0690. The van der Waals surface area contributed by atoms with E-state index in [0.29, 0.717) is 31.1 Å². The molecule has 0 atom stereocenters. The summed E-state index contributed by atoms with van der Waals surface area (Å²) < 4.78 is 4.97. The molecule has 0 aliphatic carbocycles. The second-order valence-electron chi connectivity index (χ2n) is 6.45. The highest BCUT2D eigenvalue weighted by molar-refractivity contribution is 5.93. The van der Waals surface area contributed by atoms with Gasteiger partial charge in [-0.05, 0) is 49.4 Å². The maximum Gasteiger partial charge on any atom is 0.319 e. The number of carbonyl (C=O) groups is 2. The summed E-state index contributed by atoms with van der Waals surface area (Å²) in [6.07, 6.45) is 4.75. The lowest BCUT2D eigenvalue weighted by Gasteiger charge is -2.31. The third-order valence-corrected chi connectivity index (χ3v) is 4.50. The second kappa shape index (κ2) is 7.88. The Morgan fingerprint density at radius 1 is 1.24 bits per heavy atom. The SMILES string of the molecule is Cc1cccc(NC(=O)NCC2CCN(C(=O)c3ccoc3)CC2)c1. The van der Waals surface area contributed by atoms with Gasteiger partial charge < -0.3 is 20.0 Å². The zero-order valence-electron chi connectivity index (χ0n) is 14.3. The van der Waals surface area contributed by atoms with E-state index in [1.165, 1.54) is 12.5 Å². The topological polar surface area (TPSA) is 74.6 Å². The first-order valence-corrected chi connectivity index (χ1v) is 8.55. The fraction of sp³-hybridized carbons (Fsp3) is 0.368. The van der Waals surface area contributed by atoms with Crippen molar-refractivity contribution in [3.8, 4) is 0 Å². The number of likely N-dealkylation sites (tertiary alicyclic amines) is 1. The van der Waals surface area contributed by atoms with Crippen molar-refractivity contribution in [3.63, 3.8) is 0 Å². The fourth-order valence-corrected chi connectivity index (χ4v) is 3.04. The number of aryl methyl sites for hydroxylation is 1. The molecule has 1 aromatic carbocycles. The van der Waals surface area contributed by atoms with Gasteiger partial charge in [0.15, 0.2) is 0 Å². The van der Waals surface area contributed by atoms with Crippen LogP contribution in [-0.2, 0) is 0 Å². The maximum absolute atomic E-state index is 12.3. The Hall–Kier alpha value is -2.76. The number of hydrogen-bond acceptors (Lipinski definition) is 3. The molecule has 6 nitrogen and oxygen atoms in total. The van der Waals surface area contributed by atoms with E-state index in [-0.39, 0.29) is 11.9 Å². The Morgan fingerprint density at radius 3 is 2.72 bits per heavy atom. The van der Waals surface area contributed by atoms with Crippen LogP contribution in [0.25, 0.3) is 0 Å². The molecular weight excluding hydrogens is 318 g/mol. The normalized spacial score (nSPS) is 15.0. The number of piperidine rings is 1. The number of nitrogens with one attached hydrogen (secondary N) is 2. The van der Waals surface area contributed by atoms with Crippen LogP contribution in [0.15, 0.2) is 47.3 Å². The fourth-order valence-electron chi connectivity index (χ4n) is 3.04. The van der Waals surface area contributed by atoms with Gasteiger partial charge in [-0.25, -0.2) is 4.79 Å². The van der Waals surface area contributed by atoms with Gasteiger partial charge in [-0.3, -0.25) is 4.79 Å². The van der Waals surface area contributed by atoms with Crippen LogP contribution >= 0.6 is 0 Å². The zero-order chi connectivity index (χ0) is 17.6. The molecule has 2 aromatic rings. The Kier molecular flexibility index (Phi) is 5.38. The molecule has 6 heteroatoms. The van der Waals surface area contributed by atoms with Crippen LogP contribution in [0.1, 0.15) is 28.8 Å². The highest BCUT2D eigenvalue weighted by Crippen LogP contribution is 2.19. The number of rotatable bonds is 4. The van der Waals surface area contributed by atoms with Crippen molar-refractivity contribution in [2.75, 3.05) is 25.0 Å².